The lowest BCUT2D eigenvalue weighted by molar-refractivity contribution is -0.0534. The molecule has 1 aliphatic rings. The Morgan fingerprint density at radius 3 is 2.48 bits per heavy atom. The molecule has 21 heavy (non-hydrogen) atoms. The molecule has 0 aliphatic carbocycles. The van der Waals surface area contributed by atoms with E-state index in [1.165, 1.54) is 12.0 Å². The molecule has 2 aromatic carbocycles. The van der Waals surface area contributed by atoms with E-state index in [4.69, 9.17) is 9.47 Å². The first-order chi connectivity index (χ1) is 10.3. The van der Waals surface area contributed by atoms with Gasteiger partial charge in [-0.3, -0.25) is 0 Å². The lowest BCUT2D eigenvalue weighted by Gasteiger charge is -2.31. The molecule has 0 radical (unpaired) electrons. The number of ether oxygens (including phenoxy) is 2. The van der Waals surface area contributed by atoms with Crippen LogP contribution in [-0.2, 0) is 4.74 Å². The minimum absolute atomic E-state index is 0.0346. The quantitative estimate of drug-likeness (QED) is 0.810. The summed E-state index contributed by atoms with van der Waals surface area (Å²) in [6.07, 6.45) is 3.53. The van der Waals surface area contributed by atoms with Crippen LogP contribution in [0.4, 0.5) is 0 Å². The van der Waals surface area contributed by atoms with Crippen molar-refractivity contribution in [2.75, 3.05) is 6.61 Å². The van der Waals surface area contributed by atoms with E-state index in [0.29, 0.717) is 0 Å². The lowest BCUT2D eigenvalue weighted by atomic mass is 9.98. The van der Waals surface area contributed by atoms with Crippen molar-refractivity contribution in [2.24, 2.45) is 0 Å². The zero-order valence-electron chi connectivity index (χ0n) is 12.5. The van der Waals surface area contributed by atoms with Gasteiger partial charge in [-0.25, -0.2) is 0 Å². The van der Waals surface area contributed by atoms with E-state index >= 15 is 0 Å². The fourth-order valence-electron chi connectivity index (χ4n) is 2.83. The second kappa shape index (κ2) is 6.77. The molecule has 110 valence electrons. The maximum atomic E-state index is 6.35. The van der Waals surface area contributed by atoms with Crippen LogP contribution in [0.25, 0.3) is 0 Å². The molecule has 0 bridgehead atoms. The fourth-order valence-corrected chi connectivity index (χ4v) is 2.83. The Hall–Kier alpha value is -1.80. The Bertz CT molecular complexity index is 559. The summed E-state index contributed by atoms with van der Waals surface area (Å²) in [5.74, 6) is 0.945. The van der Waals surface area contributed by atoms with Crippen molar-refractivity contribution in [3.05, 3.63) is 65.7 Å². The highest BCUT2D eigenvalue weighted by molar-refractivity contribution is 5.33. The van der Waals surface area contributed by atoms with Crippen molar-refractivity contribution in [3.8, 4) is 5.75 Å². The predicted octanol–water partition coefficient (Wildman–Crippen LogP) is 4.68. The van der Waals surface area contributed by atoms with E-state index in [2.05, 4.69) is 37.3 Å². The number of benzene rings is 2. The zero-order chi connectivity index (χ0) is 14.5. The molecule has 0 aromatic heterocycles. The molecule has 2 heteroatoms. The summed E-state index contributed by atoms with van der Waals surface area (Å²) < 4.78 is 12.3. The van der Waals surface area contributed by atoms with Gasteiger partial charge in [-0.05, 0) is 43.4 Å². The molecule has 0 N–H and O–H groups in total. The van der Waals surface area contributed by atoms with Crippen LogP contribution in [0.5, 0.6) is 5.75 Å². The molecule has 1 heterocycles. The minimum atomic E-state index is -0.0346. The molecular weight excluding hydrogens is 260 g/mol. The van der Waals surface area contributed by atoms with Gasteiger partial charge in [0.15, 0.2) is 0 Å². The van der Waals surface area contributed by atoms with Crippen molar-refractivity contribution in [2.45, 2.75) is 38.4 Å². The largest absolute Gasteiger partial charge is 0.483 e. The monoisotopic (exact) mass is 282 g/mol. The number of aryl methyl sites for hydroxylation is 1. The summed E-state index contributed by atoms with van der Waals surface area (Å²) in [4.78, 5) is 0. The van der Waals surface area contributed by atoms with Gasteiger partial charge in [0.05, 0.1) is 6.10 Å². The summed E-state index contributed by atoms with van der Waals surface area (Å²) in [5.41, 5.74) is 2.35. The Morgan fingerprint density at radius 2 is 1.76 bits per heavy atom. The van der Waals surface area contributed by atoms with Crippen molar-refractivity contribution >= 4 is 0 Å². The van der Waals surface area contributed by atoms with E-state index in [-0.39, 0.29) is 12.2 Å². The normalized spacial score (nSPS) is 20.0. The van der Waals surface area contributed by atoms with Crippen molar-refractivity contribution in [3.63, 3.8) is 0 Å². The summed E-state index contributed by atoms with van der Waals surface area (Å²) in [5, 5.41) is 0. The van der Waals surface area contributed by atoms with E-state index < -0.39 is 0 Å². The standard InChI is InChI=1S/C19H22O2/c1-15-9-5-6-12-17(15)21-19(16-10-3-2-4-11-16)18-13-7-8-14-20-18/h2-6,9-12,18-19H,7-8,13-14H2,1H3. The van der Waals surface area contributed by atoms with Crippen LogP contribution in [0.2, 0.25) is 0 Å². The number of hydrogen-bond acceptors (Lipinski definition) is 2. The third-order valence-electron chi connectivity index (χ3n) is 4.03. The molecule has 2 aromatic rings. The molecule has 2 nitrogen and oxygen atoms in total. The average molecular weight is 282 g/mol. The molecule has 3 rings (SSSR count). The topological polar surface area (TPSA) is 18.5 Å². The van der Waals surface area contributed by atoms with E-state index in [1.54, 1.807) is 0 Å². The molecular formula is C19H22O2. The average Bonchev–Trinajstić information content (AvgIpc) is 2.56. The van der Waals surface area contributed by atoms with Crippen LogP contribution in [-0.4, -0.2) is 12.7 Å². The first-order valence-corrected chi connectivity index (χ1v) is 7.73. The number of rotatable bonds is 4. The van der Waals surface area contributed by atoms with Gasteiger partial charge in [0.25, 0.3) is 0 Å². The Morgan fingerprint density at radius 1 is 1.00 bits per heavy atom. The van der Waals surface area contributed by atoms with Crippen LogP contribution < -0.4 is 4.74 Å². The van der Waals surface area contributed by atoms with Gasteiger partial charge in [0, 0.05) is 6.61 Å². The van der Waals surface area contributed by atoms with Crippen LogP contribution in [0.3, 0.4) is 0 Å². The predicted molar refractivity (Wildman–Crippen MR) is 84.6 cm³/mol. The Kier molecular flexibility index (Phi) is 4.56. The van der Waals surface area contributed by atoms with E-state index in [9.17, 15) is 0 Å². The highest BCUT2D eigenvalue weighted by Gasteiger charge is 2.28. The first kappa shape index (κ1) is 14.2. The van der Waals surface area contributed by atoms with Gasteiger partial charge in [-0.15, -0.1) is 0 Å². The lowest BCUT2D eigenvalue weighted by Crippen LogP contribution is -2.30. The molecule has 2 atom stereocenters. The minimum Gasteiger partial charge on any atom is -0.483 e. The van der Waals surface area contributed by atoms with Crippen molar-refractivity contribution in [1.29, 1.82) is 0 Å². The summed E-state index contributed by atoms with van der Waals surface area (Å²) in [7, 11) is 0. The van der Waals surface area contributed by atoms with Crippen LogP contribution in [0.1, 0.15) is 36.5 Å². The van der Waals surface area contributed by atoms with Gasteiger partial charge in [0.1, 0.15) is 11.9 Å². The molecule has 1 fully saturated rings. The smallest absolute Gasteiger partial charge is 0.150 e. The van der Waals surface area contributed by atoms with Crippen LogP contribution in [0.15, 0.2) is 54.6 Å². The molecule has 2 unspecified atom stereocenters. The molecule has 1 aliphatic heterocycles. The van der Waals surface area contributed by atoms with Crippen LogP contribution >= 0.6 is 0 Å². The van der Waals surface area contributed by atoms with E-state index in [1.807, 2.05) is 24.3 Å². The van der Waals surface area contributed by atoms with Gasteiger partial charge in [0.2, 0.25) is 0 Å². The fraction of sp³-hybridized carbons (Fsp3) is 0.368. The van der Waals surface area contributed by atoms with Gasteiger partial charge >= 0.3 is 0 Å². The second-order valence-electron chi connectivity index (χ2n) is 5.62. The van der Waals surface area contributed by atoms with E-state index in [0.717, 1.165) is 30.8 Å². The first-order valence-electron chi connectivity index (χ1n) is 7.73. The Labute approximate surface area is 126 Å². The van der Waals surface area contributed by atoms with Crippen molar-refractivity contribution in [1.82, 2.24) is 0 Å². The van der Waals surface area contributed by atoms with Crippen molar-refractivity contribution < 1.29 is 9.47 Å². The van der Waals surface area contributed by atoms with Gasteiger partial charge in [-0.2, -0.15) is 0 Å². The number of para-hydroxylation sites is 1. The van der Waals surface area contributed by atoms with Gasteiger partial charge < -0.3 is 9.47 Å². The second-order valence-corrected chi connectivity index (χ2v) is 5.62. The highest BCUT2D eigenvalue weighted by Crippen LogP contribution is 2.32. The molecule has 1 saturated heterocycles. The molecule has 0 amide bonds. The summed E-state index contributed by atoms with van der Waals surface area (Å²) in [6.45, 7) is 2.92. The Balaban J connectivity index is 1.87. The van der Waals surface area contributed by atoms with Gasteiger partial charge in [-0.1, -0.05) is 48.5 Å². The molecule has 0 saturated carbocycles. The highest BCUT2D eigenvalue weighted by atomic mass is 16.5. The zero-order valence-corrected chi connectivity index (χ0v) is 12.5. The maximum absolute atomic E-state index is 6.35. The SMILES string of the molecule is Cc1ccccc1OC(c1ccccc1)C1CCCCO1. The third kappa shape index (κ3) is 3.45. The van der Waals surface area contributed by atoms with Crippen LogP contribution in [0, 0.1) is 6.92 Å². The maximum Gasteiger partial charge on any atom is 0.150 e. The number of hydrogen-bond donors (Lipinski definition) is 0. The summed E-state index contributed by atoms with van der Waals surface area (Å²) >= 11 is 0. The third-order valence-corrected chi connectivity index (χ3v) is 4.03. The summed E-state index contributed by atoms with van der Waals surface area (Å²) in [6, 6.07) is 18.6. The molecule has 0 spiro atoms.